The lowest BCUT2D eigenvalue weighted by molar-refractivity contribution is 0.661. The first-order chi connectivity index (χ1) is 25.0. The summed E-state index contributed by atoms with van der Waals surface area (Å²) < 4.78 is 0. The molecule has 51 heavy (non-hydrogen) atoms. The Bertz CT molecular complexity index is 3080. The second-order valence-electron chi connectivity index (χ2n) is 14.4. The number of aromatic nitrogens is 3. The number of nitrogens with zero attached hydrogens (tertiary/aromatic N) is 3. The summed E-state index contributed by atoms with van der Waals surface area (Å²) in [6.07, 6.45) is 1.85. The molecule has 0 fully saturated rings. The molecule has 0 saturated heterocycles. The van der Waals surface area contributed by atoms with Crippen molar-refractivity contribution in [3.8, 4) is 33.8 Å². The van der Waals surface area contributed by atoms with Crippen molar-refractivity contribution in [2.45, 2.75) is 19.3 Å². The van der Waals surface area contributed by atoms with Crippen LogP contribution in [0.25, 0.3) is 98.7 Å². The van der Waals surface area contributed by atoms with Gasteiger partial charge in [0, 0.05) is 27.9 Å². The van der Waals surface area contributed by atoms with Crippen LogP contribution in [0.1, 0.15) is 25.0 Å². The average Bonchev–Trinajstić information content (AvgIpc) is 3.42. The van der Waals surface area contributed by atoms with Crippen LogP contribution < -0.4 is 0 Å². The lowest BCUT2D eigenvalue weighted by Gasteiger charge is -2.22. The number of benzene rings is 7. The second-order valence-corrected chi connectivity index (χ2v) is 14.4. The average molecular weight is 650 g/mol. The van der Waals surface area contributed by atoms with Gasteiger partial charge in [0.05, 0.1) is 28.1 Å². The Hall–Kier alpha value is -6.45. The Morgan fingerprint density at radius 2 is 0.961 bits per heavy atom. The number of hydrogen-bond acceptors (Lipinski definition) is 3. The maximum atomic E-state index is 5.22. The highest BCUT2D eigenvalue weighted by atomic mass is 14.8. The van der Waals surface area contributed by atoms with Crippen LogP contribution in [0, 0.1) is 0 Å². The zero-order valence-electron chi connectivity index (χ0n) is 28.3. The Labute approximate surface area is 294 Å². The summed E-state index contributed by atoms with van der Waals surface area (Å²) in [6, 6.07) is 52.6. The Balaban J connectivity index is 1.09. The molecule has 1 aliphatic rings. The molecule has 0 spiro atoms. The normalized spacial score (nSPS) is 13.5. The highest BCUT2D eigenvalue weighted by Gasteiger charge is 2.35. The van der Waals surface area contributed by atoms with Crippen molar-refractivity contribution in [3.63, 3.8) is 0 Å². The summed E-state index contributed by atoms with van der Waals surface area (Å²) in [7, 11) is 0. The van der Waals surface area contributed by atoms with E-state index in [1.54, 1.807) is 0 Å². The number of fused-ring (bicyclic) bond motifs is 15. The summed E-state index contributed by atoms with van der Waals surface area (Å²) >= 11 is 0. The van der Waals surface area contributed by atoms with E-state index in [0.717, 1.165) is 44.5 Å². The molecule has 3 heterocycles. The van der Waals surface area contributed by atoms with Crippen molar-refractivity contribution in [1.29, 1.82) is 0 Å². The van der Waals surface area contributed by atoms with Crippen molar-refractivity contribution in [1.82, 2.24) is 15.0 Å². The van der Waals surface area contributed by atoms with Crippen LogP contribution in [0.5, 0.6) is 0 Å². The quantitative estimate of drug-likeness (QED) is 0.175. The third-order valence-electron chi connectivity index (χ3n) is 11.3. The van der Waals surface area contributed by atoms with E-state index in [1.165, 1.54) is 65.3 Å². The molecule has 0 atom stereocenters. The zero-order chi connectivity index (χ0) is 33.8. The number of hydrogen-bond donors (Lipinski definition) is 0. The van der Waals surface area contributed by atoms with E-state index in [0.29, 0.717) is 0 Å². The van der Waals surface area contributed by atoms with Gasteiger partial charge in [0.15, 0.2) is 0 Å². The first kappa shape index (κ1) is 28.4. The minimum absolute atomic E-state index is 0.0609. The van der Waals surface area contributed by atoms with Crippen molar-refractivity contribution < 1.29 is 0 Å². The third kappa shape index (κ3) is 3.97. The van der Waals surface area contributed by atoms with Crippen molar-refractivity contribution in [3.05, 3.63) is 163 Å². The molecule has 238 valence electrons. The van der Waals surface area contributed by atoms with Gasteiger partial charge in [-0.1, -0.05) is 111 Å². The lowest BCUT2D eigenvalue weighted by Crippen LogP contribution is -2.14. The van der Waals surface area contributed by atoms with Crippen molar-refractivity contribution in [2.24, 2.45) is 0 Å². The molecule has 3 nitrogen and oxygen atoms in total. The Kier molecular flexibility index (Phi) is 5.73. The molecule has 0 amide bonds. The minimum Gasteiger partial charge on any atom is -0.254 e. The summed E-state index contributed by atoms with van der Waals surface area (Å²) in [5, 5.41) is 12.2. The van der Waals surface area contributed by atoms with Crippen LogP contribution in [0.3, 0.4) is 0 Å². The third-order valence-corrected chi connectivity index (χ3v) is 11.3. The lowest BCUT2D eigenvalue weighted by atomic mass is 9.81. The summed E-state index contributed by atoms with van der Waals surface area (Å²) in [5.74, 6) is 0. The summed E-state index contributed by atoms with van der Waals surface area (Å²) in [5.41, 5.74) is 10.9. The van der Waals surface area contributed by atoms with E-state index in [4.69, 9.17) is 15.0 Å². The van der Waals surface area contributed by atoms with Crippen LogP contribution in [-0.4, -0.2) is 15.0 Å². The predicted molar refractivity (Wildman–Crippen MR) is 213 cm³/mol. The van der Waals surface area contributed by atoms with E-state index < -0.39 is 0 Å². The van der Waals surface area contributed by atoms with Gasteiger partial charge in [-0.15, -0.1) is 0 Å². The fraction of sp³-hybridized carbons (Fsp3) is 0.0625. The molecule has 0 bridgehead atoms. The van der Waals surface area contributed by atoms with Gasteiger partial charge >= 0.3 is 0 Å². The fourth-order valence-electron chi connectivity index (χ4n) is 8.81. The topological polar surface area (TPSA) is 38.7 Å². The van der Waals surface area contributed by atoms with Crippen LogP contribution in [-0.2, 0) is 5.41 Å². The maximum absolute atomic E-state index is 5.22. The van der Waals surface area contributed by atoms with Crippen LogP contribution in [0.2, 0.25) is 0 Å². The summed E-state index contributed by atoms with van der Waals surface area (Å²) in [4.78, 5) is 15.2. The molecule has 3 aromatic heterocycles. The van der Waals surface area contributed by atoms with Crippen LogP contribution >= 0.6 is 0 Å². The van der Waals surface area contributed by atoms with Gasteiger partial charge in [-0.3, -0.25) is 4.98 Å². The maximum Gasteiger partial charge on any atom is 0.0979 e. The molecule has 0 saturated carbocycles. The van der Waals surface area contributed by atoms with E-state index in [9.17, 15) is 0 Å². The highest BCUT2D eigenvalue weighted by Crippen LogP contribution is 2.51. The van der Waals surface area contributed by atoms with E-state index in [-0.39, 0.29) is 5.41 Å². The van der Waals surface area contributed by atoms with E-state index >= 15 is 0 Å². The molecule has 0 radical (unpaired) electrons. The molecule has 1 aliphatic carbocycles. The molecule has 3 heteroatoms. The zero-order valence-corrected chi connectivity index (χ0v) is 28.3. The monoisotopic (exact) mass is 649 g/mol. The molecular formula is C48H31N3. The van der Waals surface area contributed by atoms with E-state index in [1.807, 2.05) is 12.3 Å². The first-order valence-corrected chi connectivity index (χ1v) is 17.6. The smallest absolute Gasteiger partial charge is 0.0979 e. The first-order valence-electron chi connectivity index (χ1n) is 17.6. The summed E-state index contributed by atoms with van der Waals surface area (Å²) in [6.45, 7) is 4.71. The number of rotatable bonds is 2. The van der Waals surface area contributed by atoms with Gasteiger partial charge in [0.1, 0.15) is 0 Å². The molecule has 0 aliphatic heterocycles. The SMILES string of the molecule is CC1(C)c2ccccc2-c2cc3c4ccccc4c4cc(-c5cccc(-c6ccc7c8ccccc8c8cccnc8c7n6)n5)ccc4c3cc21. The van der Waals surface area contributed by atoms with Gasteiger partial charge in [-0.25, -0.2) is 9.97 Å². The molecule has 11 rings (SSSR count). The van der Waals surface area contributed by atoms with Gasteiger partial charge in [0.2, 0.25) is 0 Å². The Morgan fingerprint density at radius 3 is 1.76 bits per heavy atom. The van der Waals surface area contributed by atoms with Crippen LogP contribution in [0.15, 0.2) is 152 Å². The van der Waals surface area contributed by atoms with E-state index in [2.05, 4.69) is 153 Å². The molecule has 0 N–H and O–H groups in total. The molecule has 7 aromatic carbocycles. The fourth-order valence-corrected chi connectivity index (χ4v) is 8.81. The van der Waals surface area contributed by atoms with Gasteiger partial charge in [-0.2, -0.15) is 0 Å². The predicted octanol–water partition coefficient (Wildman–Crippen LogP) is 12.4. The minimum atomic E-state index is -0.0609. The Morgan fingerprint density at radius 1 is 0.373 bits per heavy atom. The number of pyridine rings is 3. The second kappa shape index (κ2) is 10.3. The van der Waals surface area contributed by atoms with Crippen molar-refractivity contribution in [2.75, 3.05) is 0 Å². The molecule has 10 aromatic rings. The van der Waals surface area contributed by atoms with Gasteiger partial charge in [-0.05, 0) is 114 Å². The molecule has 0 unspecified atom stereocenters. The van der Waals surface area contributed by atoms with Crippen molar-refractivity contribution >= 4 is 64.9 Å². The standard InChI is InChI=1S/C48H31N3/c1-48(2)41-17-8-7-15-34(41)40-26-38-32-14-6-5-13-31(32)37-25-28(20-21-33(37)39(38)27-42(40)48)43-18-9-19-44(50-43)45-23-22-36-30-12-4-3-11-29(30)35-16-10-24-49-46(35)47(36)51-45/h3-27H,1-2H3. The van der Waals surface area contributed by atoms with Gasteiger partial charge < -0.3 is 0 Å². The van der Waals surface area contributed by atoms with Crippen LogP contribution in [0.4, 0.5) is 0 Å². The largest absolute Gasteiger partial charge is 0.254 e. The van der Waals surface area contributed by atoms with Gasteiger partial charge in [0.25, 0.3) is 0 Å². The highest BCUT2D eigenvalue weighted by molar-refractivity contribution is 6.27. The molecular weight excluding hydrogens is 619 g/mol.